The van der Waals surface area contributed by atoms with Gasteiger partial charge < -0.3 is 0 Å². The molecule has 106 valence electrons. The molecule has 0 saturated carbocycles. The Morgan fingerprint density at radius 2 is 1.55 bits per heavy atom. The molecule has 2 rings (SSSR count). The van der Waals surface area contributed by atoms with Crippen LogP contribution in [0.1, 0.15) is 11.1 Å². The zero-order chi connectivity index (χ0) is 14.5. The Balaban J connectivity index is 2.08. The average molecular weight is 330 g/mol. The second-order valence-corrected chi connectivity index (χ2v) is 5.91. The van der Waals surface area contributed by atoms with Gasteiger partial charge in [0, 0.05) is 21.1 Å². The number of benzene rings is 2. The quantitative estimate of drug-likeness (QED) is 0.635. The molecule has 0 radical (unpaired) electrons. The first kappa shape index (κ1) is 15.6. The Labute approximate surface area is 133 Å². The summed E-state index contributed by atoms with van der Waals surface area (Å²) >= 11 is 18.1. The summed E-state index contributed by atoms with van der Waals surface area (Å²) in [7, 11) is 0. The number of hydrogen-bond donors (Lipinski definition) is 2. The summed E-state index contributed by atoms with van der Waals surface area (Å²) in [4.78, 5) is 0. The number of hydrogen-bond acceptors (Lipinski definition) is 2. The molecule has 0 aromatic heterocycles. The van der Waals surface area contributed by atoms with Gasteiger partial charge >= 0.3 is 0 Å². The highest BCUT2D eigenvalue weighted by Crippen LogP contribution is 2.22. The van der Waals surface area contributed by atoms with Crippen molar-refractivity contribution in [3.63, 3.8) is 0 Å². The van der Waals surface area contributed by atoms with Crippen LogP contribution in [0.15, 0.2) is 42.5 Å². The monoisotopic (exact) mass is 328 g/mol. The van der Waals surface area contributed by atoms with Crippen molar-refractivity contribution in [1.82, 2.24) is 5.43 Å². The highest BCUT2D eigenvalue weighted by molar-refractivity contribution is 6.33. The second kappa shape index (κ2) is 7.30. The van der Waals surface area contributed by atoms with Gasteiger partial charge in [-0.15, -0.1) is 0 Å². The van der Waals surface area contributed by atoms with E-state index in [4.69, 9.17) is 40.6 Å². The van der Waals surface area contributed by atoms with E-state index in [9.17, 15) is 0 Å². The normalized spacial score (nSPS) is 12.4. The fraction of sp³-hybridized carbons (Fsp3) is 0.200. The lowest BCUT2D eigenvalue weighted by molar-refractivity contribution is 0.522. The molecule has 3 N–H and O–H groups in total. The Hall–Kier alpha value is -0.770. The molecule has 0 fully saturated rings. The minimum atomic E-state index is 0.0761. The smallest absolute Gasteiger partial charge is 0.0439 e. The van der Waals surface area contributed by atoms with Crippen molar-refractivity contribution in [1.29, 1.82) is 0 Å². The lowest BCUT2D eigenvalue weighted by atomic mass is 9.99. The molecule has 5 heteroatoms. The van der Waals surface area contributed by atoms with Crippen molar-refractivity contribution in [3.8, 4) is 0 Å². The van der Waals surface area contributed by atoms with Gasteiger partial charge in [-0.1, -0.05) is 46.9 Å². The first-order valence-electron chi connectivity index (χ1n) is 6.23. The predicted octanol–water partition coefficient (Wildman–Crippen LogP) is 4.26. The van der Waals surface area contributed by atoms with E-state index in [1.165, 1.54) is 0 Å². The second-order valence-electron chi connectivity index (χ2n) is 4.63. The lowest BCUT2D eigenvalue weighted by Crippen LogP contribution is -2.38. The van der Waals surface area contributed by atoms with E-state index in [0.29, 0.717) is 16.5 Å². The van der Waals surface area contributed by atoms with Crippen molar-refractivity contribution >= 4 is 34.8 Å². The minimum absolute atomic E-state index is 0.0761. The Kier molecular flexibility index (Phi) is 5.70. The third-order valence-electron chi connectivity index (χ3n) is 3.11. The summed E-state index contributed by atoms with van der Waals surface area (Å²) in [5.41, 5.74) is 4.97. The third-order valence-corrected chi connectivity index (χ3v) is 3.96. The third kappa shape index (κ3) is 4.37. The highest BCUT2D eigenvalue weighted by Gasteiger charge is 2.11. The van der Waals surface area contributed by atoms with E-state index in [-0.39, 0.29) is 6.04 Å². The zero-order valence-electron chi connectivity index (χ0n) is 10.7. The lowest BCUT2D eigenvalue weighted by Gasteiger charge is -2.17. The van der Waals surface area contributed by atoms with Crippen molar-refractivity contribution in [2.24, 2.45) is 5.84 Å². The number of nitrogens with two attached hydrogens (primary N) is 1. The molecule has 2 aromatic rings. The molecular weight excluding hydrogens is 315 g/mol. The maximum absolute atomic E-state index is 6.18. The van der Waals surface area contributed by atoms with E-state index < -0.39 is 0 Å². The van der Waals surface area contributed by atoms with Gasteiger partial charge in [-0.25, -0.2) is 0 Å². The molecule has 2 aromatic carbocycles. The van der Waals surface area contributed by atoms with Gasteiger partial charge in [-0.3, -0.25) is 11.3 Å². The summed E-state index contributed by atoms with van der Waals surface area (Å²) in [5.74, 6) is 5.63. The predicted molar refractivity (Wildman–Crippen MR) is 86.4 cm³/mol. The molecule has 1 atom stereocenters. The maximum atomic E-state index is 6.18. The maximum Gasteiger partial charge on any atom is 0.0439 e. The highest BCUT2D eigenvalue weighted by atomic mass is 35.5. The van der Waals surface area contributed by atoms with Crippen LogP contribution in [0.4, 0.5) is 0 Å². The SMILES string of the molecule is NNC(Cc1ccc(Cl)cc1)Cc1cc(Cl)ccc1Cl. The van der Waals surface area contributed by atoms with Gasteiger partial charge in [-0.05, 0) is 54.3 Å². The molecular formula is C15H15Cl3N2. The first-order valence-corrected chi connectivity index (χ1v) is 7.36. The Morgan fingerprint density at radius 3 is 2.20 bits per heavy atom. The van der Waals surface area contributed by atoms with Gasteiger partial charge in [0.15, 0.2) is 0 Å². The van der Waals surface area contributed by atoms with Gasteiger partial charge in [0.2, 0.25) is 0 Å². The van der Waals surface area contributed by atoms with Crippen LogP contribution in [0.5, 0.6) is 0 Å². The van der Waals surface area contributed by atoms with E-state index in [0.717, 1.165) is 22.6 Å². The minimum Gasteiger partial charge on any atom is -0.271 e. The standard InChI is InChI=1S/C15H15Cl3N2/c16-12-3-1-10(2-4-12)7-14(20-19)9-11-8-13(17)5-6-15(11)18/h1-6,8,14,20H,7,9,19H2. The van der Waals surface area contributed by atoms with Crippen molar-refractivity contribution in [2.45, 2.75) is 18.9 Å². The van der Waals surface area contributed by atoms with Crippen molar-refractivity contribution in [3.05, 3.63) is 68.7 Å². The van der Waals surface area contributed by atoms with Gasteiger partial charge in [-0.2, -0.15) is 0 Å². The van der Waals surface area contributed by atoms with Crippen LogP contribution in [0, 0.1) is 0 Å². The molecule has 0 amide bonds. The number of halogens is 3. The van der Waals surface area contributed by atoms with Crippen LogP contribution in [-0.2, 0) is 12.8 Å². The molecule has 0 spiro atoms. The van der Waals surface area contributed by atoms with Crippen LogP contribution in [0.3, 0.4) is 0 Å². The molecule has 0 saturated heterocycles. The number of hydrazine groups is 1. The Morgan fingerprint density at radius 1 is 0.900 bits per heavy atom. The molecule has 2 nitrogen and oxygen atoms in total. The van der Waals surface area contributed by atoms with Crippen LogP contribution < -0.4 is 11.3 Å². The van der Waals surface area contributed by atoms with Gasteiger partial charge in [0.05, 0.1) is 0 Å². The van der Waals surface area contributed by atoms with Crippen molar-refractivity contribution in [2.75, 3.05) is 0 Å². The van der Waals surface area contributed by atoms with Crippen LogP contribution in [0.25, 0.3) is 0 Å². The molecule has 0 aliphatic heterocycles. The van der Waals surface area contributed by atoms with E-state index in [1.807, 2.05) is 30.3 Å². The van der Waals surface area contributed by atoms with Crippen LogP contribution >= 0.6 is 34.8 Å². The zero-order valence-corrected chi connectivity index (χ0v) is 13.0. The topological polar surface area (TPSA) is 38.0 Å². The summed E-state index contributed by atoms with van der Waals surface area (Å²) in [6.45, 7) is 0. The van der Waals surface area contributed by atoms with E-state index in [1.54, 1.807) is 12.1 Å². The van der Waals surface area contributed by atoms with E-state index >= 15 is 0 Å². The summed E-state index contributed by atoms with van der Waals surface area (Å²) in [6.07, 6.45) is 1.50. The van der Waals surface area contributed by atoms with E-state index in [2.05, 4.69) is 5.43 Å². The number of rotatable bonds is 5. The van der Waals surface area contributed by atoms with Crippen molar-refractivity contribution < 1.29 is 0 Å². The average Bonchev–Trinajstić information content (AvgIpc) is 2.44. The van der Waals surface area contributed by atoms with Crippen LogP contribution in [0.2, 0.25) is 15.1 Å². The summed E-state index contributed by atoms with van der Waals surface area (Å²) in [5, 5.41) is 2.10. The van der Waals surface area contributed by atoms with Gasteiger partial charge in [0.1, 0.15) is 0 Å². The van der Waals surface area contributed by atoms with Gasteiger partial charge in [0.25, 0.3) is 0 Å². The largest absolute Gasteiger partial charge is 0.271 e. The molecule has 20 heavy (non-hydrogen) atoms. The summed E-state index contributed by atoms with van der Waals surface area (Å²) < 4.78 is 0. The fourth-order valence-corrected chi connectivity index (χ4v) is 2.58. The first-order chi connectivity index (χ1) is 9.58. The van der Waals surface area contributed by atoms with Crippen LogP contribution in [-0.4, -0.2) is 6.04 Å². The summed E-state index contributed by atoms with van der Waals surface area (Å²) in [6, 6.07) is 13.3. The molecule has 0 aliphatic rings. The molecule has 0 bridgehead atoms. The fourth-order valence-electron chi connectivity index (χ4n) is 2.06. The Bertz CT molecular complexity index is 570. The molecule has 0 heterocycles. The molecule has 0 aliphatic carbocycles. The number of nitrogens with one attached hydrogen (secondary N) is 1. The molecule has 1 unspecified atom stereocenters.